The van der Waals surface area contributed by atoms with Gasteiger partial charge in [-0.15, -0.1) is 0 Å². The molecule has 0 saturated carbocycles. The molecule has 3 N–H and O–H groups in total. The average Bonchev–Trinajstić information content (AvgIpc) is 2.80. The first-order valence-electron chi connectivity index (χ1n) is 5.00. The van der Waals surface area contributed by atoms with E-state index in [9.17, 15) is 4.79 Å². The molecule has 1 aromatic heterocycles. The zero-order valence-electron chi connectivity index (χ0n) is 9.58. The third-order valence-corrected chi connectivity index (χ3v) is 3.27. The van der Waals surface area contributed by atoms with Crippen molar-refractivity contribution in [3.8, 4) is 5.75 Å². The summed E-state index contributed by atoms with van der Waals surface area (Å²) in [6, 6.07) is 4.38. The van der Waals surface area contributed by atoms with Gasteiger partial charge >= 0.3 is 5.97 Å². The van der Waals surface area contributed by atoms with Gasteiger partial charge in [0.1, 0.15) is 0 Å². The van der Waals surface area contributed by atoms with E-state index in [1.54, 1.807) is 0 Å². The Balaban J connectivity index is 2.26. The van der Waals surface area contributed by atoms with Gasteiger partial charge in [0.05, 0.1) is 10.0 Å². The molecule has 2 aromatic rings. The number of nitrogens with zero attached hydrogens (tertiary/aromatic N) is 3. The molecule has 0 aliphatic carbocycles. The molecule has 1 heterocycles. The summed E-state index contributed by atoms with van der Waals surface area (Å²) in [5.74, 6) is -1.25. The number of carboxylic acid groups (broad SMARTS) is 1. The number of aliphatic carboxylic acids is 1. The molecule has 104 valence electrons. The highest BCUT2D eigenvalue weighted by atomic mass is 35.5. The number of hydrogen-bond donors (Lipinski definition) is 2. The maximum absolute atomic E-state index is 11.1. The summed E-state index contributed by atoms with van der Waals surface area (Å²) >= 11 is 12.4. The van der Waals surface area contributed by atoms with Crippen molar-refractivity contribution in [1.29, 1.82) is 0 Å². The predicted octanol–water partition coefficient (Wildman–Crippen LogP) is 2.29. The SMILES string of the molecule is Nc1nc(/C(=N/Oc2ccc(Cl)c(Cl)c2)C(=O)O)ns1. The standard InChI is InChI=1S/C10H6Cl2N4O3S/c11-5-2-1-4(3-6(5)12)19-15-7(9(17)18)8-14-10(13)20-16-8/h1-3H,(H,17,18)(H2,13,14,16)/b15-7-. The molecule has 20 heavy (non-hydrogen) atoms. The number of benzene rings is 1. The molecule has 0 atom stereocenters. The van der Waals surface area contributed by atoms with Gasteiger partial charge < -0.3 is 15.7 Å². The van der Waals surface area contributed by atoms with E-state index in [0.717, 1.165) is 11.5 Å². The highest BCUT2D eigenvalue weighted by Crippen LogP contribution is 2.26. The number of nitrogens with two attached hydrogens (primary N) is 1. The van der Waals surface area contributed by atoms with E-state index < -0.39 is 11.7 Å². The minimum atomic E-state index is -1.34. The van der Waals surface area contributed by atoms with Crippen LogP contribution < -0.4 is 10.6 Å². The molecule has 10 heteroatoms. The number of carboxylic acids is 1. The number of nitrogen functional groups attached to an aromatic ring is 1. The number of anilines is 1. The molecule has 0 radical (unpaired) electrons. The first-order chi connectivity index (χ1) is 9.47. The van der Waals surface area contributed by atoms with Crippen molar-refractivity contribution in [3.63, 3.8) is 0 Å². The van der Waals surface area contributed by atoms with E-state index in [4.69, 9.17) is 38.9 Å². The normalized spacial score (nSPS) is 11.4. The van der Waals surface area contributed by atoms with Gasteiger partial charge in [0.25, 0.3) is 0 Å². The molecule has 0 fully saturated rings. The van der Waals surface area contributed by atoms with Crippen LogP contribution in [-0.4, -0.2) is 26.1 Å². The predicted molar refractivity (Wildman–Crippen MR) is 75.6 cm³/mol. The summed E-state index contributed by atoms with van der Waals surface area (Å²) in [7, 11) is 0. The van der Waals surface area contributed by atoms with Crippen LogP contribution in [0.5, 0.6) is 5.75 Å². The summed E-state index contributed by atoms with van der Waals surface area (Å²) in [4.78, 5) is 19.8. The average molecular weight is 333 g/mol. The zero-order chi connectivity index (χ0) is 14.7. The van der Waals surface area contributed by atoms with Crippen LogP contribution >= 0.6 is 34.7 Å². The fourth-order valence-electron chi connectivity index (χ4n) is 1.14. The minimum absolute atomic E-state index is 0.125. The van der Waals surface area contributed by atoms with Crippen molar-refractivity contribution in [3.05, 3.63) is 34.1 Å². The molecule has 7 nitrogen and oxygen atoms in total. The first kappa shape index (κ1) is 14.5. The smallest absolute Gasteiger partial charge is 0.362 e. The number of aromatic nitrogens is 2. The number of rotatable bonds is 4. The first-order valence-corrected chi connectivity index (χ1v) is 6.53. The van der Waals surface area contributed by atoms with Crippen LogP contribution in [0.1, 0.15) is 5.82 Å². The van der Waals surface area contributed by atoms with Crippen molar-refractivity contribution < 1.29 is 14.7 Å². The quantitative estimate of drug-likeness (QED) is 0.656. The maximum atomic E-state index is 11.1. The Bertz CT molecular complexity index is 689. The molecule has 0 spiro atoms. The summed E-state index contributed by atoms with van der Waals surface area (Å²) in [5, 5.41) is 13.3. The molecule has 0 bridgehead atoms. The summed E-state index contributed by atoms with van der Waals surface area (Å²) in [6.07, 6.45) is 0. The number of hydrogen-bond acceptors (Lipinski definition) is 7. The molecule has 1 aromatic carbocycles. The number of halogens is 2. The van der Waals surface area contributed by atoms with Gasteiger partial charge in [-0.3, -0.25) is 0 Å². The van der Waals surface area contributed by atoms with Crippen molar-refractivity contribution in [2.75, 3.05) is 5.73 Å². The lowest BCUT2D eigenvalue weighted by Gasteiger charge is -2.01. The molecule has 0 unspecified atom stereocenters. The monoisotopic (exact) mass is 332 g/mol. The van der Waals surface area contributed by atoms with Crippen LogP contribution in [0.15, 0.2) is 23.4 Å². The molecular formula is C10H6Cl2N4O3S. The van der Waals surface area contributed by atoms with Crippen molar-refractivity contribution in [2.24, 2.45) is 5.16 Å². The van der Waals surface area contributed by atoms with Crippen molar-refractivity contribution in [2.45, 2.75) is 0 Å². The lowest BCUT2D eigenvalue weighted by atomic mass is 10.3. The van der Waals surface area contributed by atoms with E-state index in [1.165, 1.54) is 18.2 Å². The van der Waals surface area contributed by atoms with Crippen LogP contribution in [0.2, 0.25) is 10.0 Å². The third-order valence-electron chi connectivity index (χ3n) is 1.99. The number of carbonyl (C=O) groups is 1. The maximum Gasteiger partial charge on any atom is 0.362 e. The second-order valence-corrected chi connectivity index (χ2v) is 4.97. The van der Waals surface area contributed by atoms with Gasteiger partial charge in [0, 0.05) is 17.6 Å². The molecule has 0 saturated heterocycles. The molecule has 0 aliphatic heterocycles. The second-order valence-electron chi connectivity index (χ2n) is 3.37. The molecular weight excluding hydrogens is 327 g/mol. The van der Waals surface area contributed by atoms with Crippen LogP contribution in [0.25, 0.3) is 0 Å². The Hall–Kier alpha value is -1.90. The fraction of sp³-hybridized carbons (Fsp3) is 0. The van der Waals surface area contributed by atoms with Gasteiger partial charge in [-0.25, -0.2) is 4.79 Å². The van der Waals surface area contributed by atoms with Gasteiger partial charge in [0.15, 0.2) is 10.9 Å². The summed E-state index contributed by atoms with van der Waals surface area (Å²) < 4.78 is 3.75. The Morgan fingerprint density at radius 1 is 1.40 bits per heavy atom. The highest BCUT2D eigenvalue weighted by Gasteiger charge is 2.19. The lowest BCUT2D eigenvalue weighted by Crippen LogP contribution is -2.17. The van der Waals surface area contributed by atoms with Crippen LogP contribution in [0.4, 0.5) is 5.13 Å². The molecule has 2 rings (SSSR count). The largest absolute Gasteiger partial charge is 0.476 e. The summed E-state index contributed by atoms with van der Waals surface area (Å²) in [5.41, 5.74) is 4.92. The van der Waals surface area contributed by atoms with E-state index in [-0.39, 0.29) is 21.7 Å². The van der Waals surface area contributed by atoms with Crippen LogP contribution in [-0.2, 0) is 4.79 Å². The van der Waals surface area contributed by atoms with E-state index in [2.05, 4.69) is 14.5 Å². The Kier molecular flexibility index (Phi) is 4.38. The molecule has 0 aliphatic rings. The van der Waals surface area contributed by atoms with E-state index in [1.807, 2.05) is 0 Å². The molecule has 0 amide bonds. The van der Waals surface area contributed by atoms with Gasteiger partial charge in [0.2, 0.25) is 11.5 Å². The van der Waals surface area contributed by atoms with E-state index >= 15 is 0 Å². The van der Waals surface area contributed by atoms with Crippen LogP contribution in [0, 0.1) is 0 Å². The van der Waals surface area contributed by atoms with E-state index in [0.29, 0.717) is 5.02 Å². The van der Waals surface area contributed by atoms with Gasteiger partial charge in [-0.05, 0) is 12.1 Å². The van der Waals surface area contributed by atoms with Crippen LogP contribution in [0.3, 0.4) is 0 Å². The zero-order valence-corrected chi connectivity index (χ0v) is 11.9. The number of oxime groups is 1. The third kappa shape index (κ3) is 3.35. The Labute approximate surface area is 126 Å². The summed E-state index contributed by atoms with van der Waals surface area (Å²) in [6.45, 7) is 0. The van der Waals surface area contributed by atoms with Gasteiger partial charge in [-0.1, -0.05) is 28.4 Å². The van der Waals surface area contributed by atoms with Crippen molar-refractivity contribution >= 4 is 51.5 Å². The van der Waals surface area contributed by atoms with Gasteiger partial charge in [-0.2, -0.15) is 9.36 Å². The second kappa shape index (κ2) is 6.04. The topological polar surface area (TPSA) is 111 Å². The Morgan fingerprint density at radius 2 is 2.15 bits per heavy atom. The Morgan fingerprint density at radius 3 is 2.70 bits per heavy atom. The minimum Gasteiger partial charge on any atom is -0.476 e. The fourth-order valence-corrected chi connectivity index (χ4v) is 1.86. The lowest BCUT2D eigenvalue weighted by molar-refractivity contribution is -0.129. The highest BCUT2D eigenvalue weighted by molar-refractivity contribution is 7.09. The van der Waals surface area contributed by atoms with Crippen molar-refractivity contribution in [1.82, 2.24) is 9.36 Å².